The molecule has 3 rings (SSSR count). The Hall–Kier alpha value is -2.51. The van der Waals surface area contributed by atoms with Crippen LogP contribution >= 0.6 is 11.6 Å². The summed E-state index contributed by atoms with van der Waals surface area (Å²) >= 11 is 6.04. The van der Waals surface area contributed by atoms with E-state index in [2.05, 4.69) is 10.2 Å². The first kappa shape index (κ1) is 21.2. The van der Waals surface area contributed by atoms with Gasteiger partial charge in [-0.15, -0.1) is 0 Å². The molecule has 29 heavy (non-hydrogen) atoms. The molecule has 1 aliphatic heterocycles. The zero-order valence-electron chi connectivity index (χ0n) is 16.4. The van der Waals surface area contributed by atoms with Gasteiger partial charge in [0.1, 0.15) is 17.8 Å². The number of carbonyl (C=O) groups is 1. The van der Waals surface area contributed by atoms with Crippen LogP contribution in [0.15, 0.2) is 39.7 Å². The van der Waals surface area contributed by atoms with Gasteiger partial charge in [-0.2, -0.15) is 0 Å². The smallest absolute Gasteiger partial charge is 0.262 e. The van der Waals surface area contributed by atoms with Gasteiger partial charge in [0, 0.05) is 11.8 Å². The summed E-state index contributed by atoms with van der Waals surface area (Å²) in [5.41, 5.74) is 0.200. The van der Waals surface area contributed by atoms with E-state index in [1.807, 2.05) is 0 Å². The topological polar surface area (TPSA) is 81.0 Å². The lowest BCUT2D eigenvalue weighted by Crippen LogP contribution is -2.25. The molecule has 0 aliphatic carbocycles. The number of anilines is 1. The summed E-state index contributed by atoms with van der Waals surface area (Å²) in [6, 6.07) is 6.32. The number of halogens is 1. The molecular weight excluding hydrogens is 396 g/mol. The lowest BCUT2D eigenvalue weighted by atomic mass is 10.2. The molecule has 1 aliphatic rings. The van der Waals surface area contributed by atoms with Crippen LogP contribution in [0.4, 0.5) is 5.69 Å². The number of hydrogen-bond acceptors (Lipinski definition) is 6. The number of carbonyl (C=O) groups excluding carboxylic acids is 1. The second-order valence-corrected chi connectivity index (χ2v) is 7.36. The van der Waals surface area contributed by atoms with Gasteiger partial charge in [0.2, 0.25) is 11.2 Å². The maximum Gasteiger partial charge on any atom is 0.262 e. The van der Waals surface area contributed by atoms with Crippen molar-refractivity contribution in [3.63, 3.8) is 0 Å². The lowest BCUT2D eigenvalue weighted by molar-refractivity contribution is -0.118. The predicted octanol–water partition coefficient (Wildman–Crippen LogP) is 3.70. The summed E-state index contributed by atoms with van der Waals surface area (Å²) in [5, 5.41) is 3.03. The Morgan fingerprint density at radius 1 is 1.17 bits per heavy atom. The van der Waals surface area contributed by atoms with Crippen molar-refractivity contribution in [3.8, 4) is 11.5 Å². The van der Waals surface area contributed by atoms with E-state index in [-0.39, 0.29) is 17.8 Å². The zero-order chi connectivity index (χ0) is 20.6. The highest BCUT2D eigenvalue weighted by molar-refractivity contribution is 6.32. The molecule has 1 amide bonds. The number of nitrogens with zero attached hydrogens (tertiary/aromatic N) is 1. The molecule has 0 spiro atoms. The number of nitrogens with one attached hydrogen (secondary N) is 1. The standard InChI is InChI=1S/C21H25ClN2O5/c1-27-19-7-6-15(10-17(19)22)23-21(26)14-29-20-13-28-16(11-18(20)25)12-24-8-4-2-3-5-9-24/h6-7,10-11,13H,2-5,8-9,12,14H2,1H3,(H,23,26). The van der Waals surface area contributed by atoms with Crippen molar-refractivity contribution in [2.24, 2.45) is 0 Å². The fourth-order valence-corrected chi connectivity index (χ4v) is 3.48. The number of benzene rings is 1. The third-order valence-electron chi connectivity index (χ3n) is 4.72. The highest BCUT2D eigenvalue weighted by Gasteiger charge is 2.13. The lowest BCUT2D eigenvalue weighted by Gasteiger charge is -2.18. The van der Waals surface area contributed by atoms with Gasteiger partial charge >= 0.3 is 0 Å². The van der Waals surface area contributed by atoms with Gasteiger partial charge < -0.3 is 19.2 Å². The van der Waals surface area contributed by atoms with E-state index in [4.69, 9.17) is 25.5 Å². The minimum absolute atomic E-state index is 0.00697. The average Bonchev–Trinajstić information content (AvgIpc) is 2.96. The van der Waals surface area contributed by atoms with Crippen molar-refractivity contribution < 1.29 is 18.7 Å². The third-order valence-corrected chi connectivity index (χ3v) is 5.02. The largest absolute Gasteiger partial charge is 0.495 e. The number of likely N-dealkylation sites (tertiary alicyclic amines) is 1. The fraction of sp³-hybridized carbons (Fsp3) is 0.429. The molecule has 1 N–H and O–H groups in total. The molecule has 0 unspecified atom stereocenters. The molecule has 7 nitrogen and oxygen atoms in total. The minimum Gasteiger partial charge on any atom is -0.495 e. The number of ether oxygens (including phenoxy) is 2. The molecule has 2 heterocycles. The average molecular weight is 421 g/mol. The van der Waals surface area contributed by atoms with E-state index >= 15 is 0 Å². The molecule has 0 bridgehead atoms. The van der Waals surface area contributed by atoms with E-state index in [9.17, 15) is 9.59 Å². The normalized spacial score (nSPS) is 14.8. The first-order valence-electron chi connectivity index (χ1n) is 9.65. The fourth-order valence-electron chi connectivity index (χ4n) is 3.23. The van der Waals surface area contributed by atoms with Crippen LogP contribution in [0.5, 0.6) is 11.5 Å². The van der Waals surface area contributed by atoms with Crippen molar-refractivity contribution >= 4 is 23.2 Å². The summed E-state index contributed by atoms with van der Waals surface area (Å²) in [5.74, 6) is 0.701. The van der Waals surface area contributed by atoms with Crippen molar-refractivity contribution in [1.29, 1.82) is 0 Å². The van der Waals surface area contributed by atoms with E-state index in [1.54, 1.807) is 18.2 Å². The van der Waals surface area contributed by atoms with Gasteiger partial charge in [0.25, 0.3) is 5.91 Å². The Morgan fingerprint density at radius 2 is 1.93 bits per heavy atom. The zero-order valence-corrected chi connectivity index (χ0v) is 17.2. The van der Waals surface area contributed by atoms with Crippen LogP contribution in [0.2, 0.25) is 5.02 Å². The predicted molar refractivity (Wildman–Crippen MR) is 111 cm³/mol. The first-order valence-corrected chi connectivity index (χ1v) is 10.0. The van der Waals surface area contributed by atoms with E-state index < -0.39 is 5.91 Å². The van der Waals surface area contributed by atoms with Gasteiger partial charge in [-0.25, -0.2) is 0 Å². The third kappa shape index (κ3) is 6.24. The van der Waals surface area contributed by atoms with Gasteiger partial charge in [0.15, 0.2) is 6.61 Å². The van der Waals surface area contributed by atoms with Crippen molar-refractivity contribution in [1.82, 2.24) is 4.90 Å². The molecule has 0 atom stereocenters. The van der Waals surface area contributed by atoms with Gasteiger partial charge in [-0.05, 0) is 44.1 Å². The SMILES string of the molecule is COc1ccc(NC(=O)COc2coc(CN3CCCCCC3)cc2=O)cc1Cl. The number of amides is 1. The highest BCUT2D eigenvalue weighted by Crippen LogP contribution is 2.27. The first-order chi connectivity index (χ1) is 14.0. The number of hydrogen-bond donors (Lipinski definition) is 1. The van der Waals surface area contributed by atoms with Crippen LogP contribution in [0.25, 0.3) is 0 Å². The number of rotatable bonds is 7. The summed E-state index contributed by atoms with van der Waals surface area (Å²) in [7, 11) is 1.51. The monoisotopic (exact) mass is 420 g/mol. The molecule has 1 aromatic carbocycles. The molecule has 1 aromatic heterocycles. The quantitative estimate of drug-likeness (QED) is 0.735. The van der Waals surface area contributed by atoms with Crippen LogP contribution in [-0.4, -0.2) is 37.6 Å². The molecule has 0 radical (unpaired) electrons. The van der Waals surface area contributed by atoms with E-state index in [0.717, 1.165) is 13.1 Å². The Morgan fingerprint density at radius 3 is 2.59 bits per heavy atom. The Bertz CT molecular complexity index is 891. The Balaban J connectivity index is 1.52. The molecule has 2 aromatic rings. The summed E-state index contributed by atoms with van der Waals surface area (Å²) < 4.78 is 15.9. The maximum atomic E-state index is 12.3. The number of methoxy groups -OCH3 is 1. The summed E-state index contributed by atoms with van der Waals surface area (Å²) in [6.07, 6.45) is 6.10. The van der Waals surface area contributed by atoms with Crippen LogP contribution < -0.4 is 20.2 Å². The van der Waals surface area contributed by atoms with Crippen LogP contribution in [0.3, 0.4) is 0 Å². The summed E-state index contributed by atoms with van der Waals surface area (Å²) in [6.45, 7) is 2.31. The Kier molecular flexibility index (Phi) is 7.55. The van der Waals surface area contributed by atoms with Gasteiger partial charge in [-0.1, -0.05) is 24.4 Å². The van der Waals surface area contributed by atoms with Crippen molar-refractivity contribution in [3.05, 3.63) is 51.5 Å². The van der Waals surface area contributed by atoms with Crippen molar-refractivity contribution in [2.75, 3.05) is 32.1 Å². The van der Waals surface area contributed by atoms with E-state index in [1.165, 1.54) is 45.1 Å². The van der Waals surface area contributed by atoms with E-state index in [0.29, 0.717) is 28.8 Å². The van der Waals surface area contributed by atoms with Crippen LogP contribution in [0.1, 0.15) is 31.4 Å². The van der Waals surface area contributed by atoms with Gasteiger partial charge in [-0.3, -0.25) is 14.5 Å². The molecule has 1 saturated heterocycles. The Labute approximate surface area is 174 Å². The molecule has 1 fully saturated rings. The molecule has 156 valence electrons. The maximum absolute atomic E-state index is 12.3. The molecule has 8 heteroatoms. The van der Waals surface area contributed by atoms with Crippen LogP contribution in [-0.2, 0) is 11.3 Å². The van der Waals surface area contributed by atoms with Crippen LogP contribution in [0, 0.1) is 0 Å². The highest BCUT2D eigenvalue weighted by atomic mass is 35.5. The summed E-state index contributed by atoms with van der Waals surface area (Å²) in [4.78, 5) is 26.6. The van der Waals surface area contributed by atoms with Crippen molar-refractivity contribution in [2.45, 2.75) is 32.2 Å². The molecular formula is C21H25ClN2O5. The molecule has 0 saturated carbocycles. The minimum atomic E-state index is -0.417. The second-order valence-electron chi connectivity index (χ2n) is 6.95. The second kappa shape index (κ2) is 10.3. The van der Waals surface area contributed by atoms with Gasteiger partial charge in [0.05, 0.1) is 18.7 Å².